The number of rotatable bonds is 13. The zero-order chi connectivity index (χ0) is 24.3. The smallest absolute Gasteiger partial charge is 0.327 e. The van der Waals surface area contributed by atoms with Crippen LogP contribution in [0.5, 0.6) is 0 Å². The fourth-order valence-electron chi connectivity index (χ4n) is 2.85. The second-order valence-electron chi connectivity index (χ2n) is 7.81. The van der Waals surface area contributed by atoms with Crippen molar-refractivity contribution in [2.75, 3.05) is 12.4 Å². The first kappa shape index (κ1) is 27.4. The van der Waals surface area contributed by atoms with Gasteiger partial charge in [0.2, 0.25) is 17.7 Å². The molecule has 0 spiro atoms. The van der Waals surface area contributed by atoms with E-state index in [-0.39, 0.29) is 24.5 Å². The minimum atomic E-state index is -1.24. The predicted molar refractivity (Wildman–Crippen MR) is 122 cm³/mol. The van der Waals surface area contributed by atoms with Gasteiger partial charge >= 0.3 is 5.97 Å². The summed E-state index contributed by atoms with van der Waals surface area (Å²) in [7, 11) is 0. The van der Waals surface area contributed by atoms with Crippen molar-refractivity contribution in [3.8, 4) is 0 Å². The van der Waals surface area contributed by atoms with Crippen LogP contribution in [0.2, 0.25) is 0 Å². The van der Waals surface area contributed by atoms with Crippen molar-refractivity contribution in [2.24, 2.45) is 11.7 Å². The average molecular weight is 469 g/mol. The van der Waals surface area contributed by atoms with Crippen molar-refractivity contribution < 1.29 is 29.4 Å². The van der Waals surface area contributed by atoms with E-state index in [0.717, 1.165) is 5.56 Å². The Morgan fingerprint density at radius 2 is 1.47 bits per heavy atom. The molecule has 0 saturated heterocycles. The van der Waals surface area contributed by atoms with E-state index in [1.165, 1.54) is 0 Å². The van der Waals surface area contributed by atoms with Gasteiger partial charge in [-0.2, -0.15) is 12.6 Å². The lowest BCUT2D eigenvalue weighted by Crippen LogP contribution is -2.58. The van der Waals surface area contributed by atoms with E-state index >= 15 is 0 Å². The van der Waals surface area contributed by atoms with Crippen molar-refractivity contribution >= 4 is 36.3 Å². The molecule has 0 aliphatic rings. The van der Waals surface area contributed by atoms with Gasteiger partial charge in [0.15, 0.2) is 0 Å². The number of carbonyl (C=O) groups excluding carboxylic acids is 3. The normalized spacial score (nSPS) is 14.7. The van der Waals surface area contributed by atoms with Gasteiger partial charge in [-0.05, 0) is 17.9 Å². The van der Waals surface area contributed by atoms with E-state index in [0.29, 0.717) is 0 Å². The third-order valence-electron chi connectivity index (χ3n) is 4.59. The summed E-state index contributed by atoms with van der Waals surface area (Å²) in [6.07, 6.45) is 0.375. The molecule has 4 atom stereocenters. The maximum absolute atomic E-state index is 13.0. The van der Waals surface area contributed by atoms with Gasteiger partial charge in [0.1, 0.15) is 24.2 Å². The van der Waals surface area contributed by atoms with Gasteiger partial charge in [-0.1, -0.05) is 44.2 Å². The van der Waals surface area contributed by atoms with Crippen molar-refractivity contribution in [1.29, 1.82) is 0 Å². The molecular weight excluding hydrogens is 436 g/mol. The Morgan fingerprint density at radius 3 is 1.97 bits per heavy atom. The van der Waals surface area contributed by atoms with Gasteiger partial charge in [-0.3, -0.25) is 14.4 Å². The first-order chi connectivity index (χ1) is 15.1. The SMILES string of the molecule is CC(C)CC(NC(=O)C(Cc1ccccc1)NC(=O)C(N)CO)C(=O)NC(CS)C(=O)O. The number of carbonyl (C=O) groups is 4. The number of hydrogen-bond acceptors (Lipinski definition) is 7. The average Bonchev–Trinajstić information content (AvgIpc) is 2.75. The molecular formula is C21H32N4O6S. The van der Waals surface area contributed by atoms with Crippen LogP contribution in [-0.2, 0) is 25.6 Å². The Bertz CT molecular complexity index is 777. The Balaban J connectivity index is 3.05. The van der Waals surface area contributed by atoms with E-state index in [9.17, 15) is 19.2 Å². The maximum Gasteiger partial charge on any atom is 0.327 e. The zero-order valence-electron chi connectivity index (χ0n) is 18.2. The topological polar surface area (TPSA) is 171 Å². The Hall–Kier alpha value is -2.63. The second-order valence-corrected chi connectivity index (χ2v) is 8.18. The molecule has 4 unspecified atom stereocenters. The second kappa shape index (κ2) is 13.7. The molecule has 0 radical (unpaired) electrons. The Kier molecular flexibility index (Phi) is 11.7. The number of carboxylic acid groups (broad SMARTS) is 1. The fraction of sp³-hybridized carbons (Fsp3) is 0.524. The van der Waals surface area contributed by atoms with E-state index in [1.807, 2.05) is 19.9 Å². The molecule has 0 aromatic heterocycles. The Labute approximate surface area is 192 Å². The summed E-state index contributed by atoms with van der Waals surface area (Å²) < 4.78 is 0. The highest BCUT2D eigenvalue weighted by atomic mass is 32.1. The molecule has 32 heavy (non-hydrogen) atoms. The number of nitrogens with one attached hydrogen (secondary N) is 3. The molecule has 11 heteroatoms. The summed E-state index contributed by atoms with van der Waals surface area (Å²) in [5.74, 6) is -3.36. The third kappa shape index (κ3) is 9.25. The van der Waals surface area contributed by atoms with E-state index in [4.69, 9.17) is 15.9 Å². The summed E-state index contributed by atoms with van der Waals surface area (Å²) in [5.41, 5.74) is 6.31. The number of aliphatic hydroxyl groups excluding tert-OH is 1. The number of benzene rings is 1. The monoisotopic (exact) mass is 468 g/mol. The lowest BCUT2D eigenvalue weighted by molar-refractivity contribution is -0.141. The first-order valence-electron chi connectivity index (χ1n) is 10.2. The highest BCUT2D eigenvalue weighted by Gasteiger charge is 2.30. The van der Waals surface area contributed by atoms with E-state index in [2.05, 4.69) is 28.6 Å². The summed E-state index contributed by atoms with van der Waals surface area (Å²) >= 11 is 3.93. The molecule has 0 aliphatic heterocycles. The van der Waals surface area contributed by atoms with Gasteiger partial charge in [0.05, 0.1) is 6.61 Å². The van der Waals surface area contributed by atoms with Crippen LogP contribution in [0, 0.1) is 5.92 Å². The van der Waals surface area contributed by atoms with Crippen molar-refractivity contribution in [3.63, 3.8) is 0 Å². The number of thiol groups is 1. The van der Waals surface area contributed by atoms with Crippen LogP contribution in [0.4, 0.5) is 0 Å². The Morgan fingerprint density at radius 1 is 0.938 bits per heavy atom. The summed E-state index contributed by atoms with van der Waals surface area (Å²) in [6, 6.07) is 4.43. The molecule has 178 valence electrons. The number of aliphatic hydroxyl groups is 1. The number of carboxylic acids is 1. The van der Waals surface area contributed by atoms with Gasteiger partial charge < -0.3 is 31.9 Å². The highest BCUT2D eigenvalue weighted by molar-refractivity contribution is 7.80. The number of nitrogens with two attached hydrogens (primary N) is 1. The maximum atomic E-state index is 13.0. The lowest BCUT2D eigenvalue weighted by atomic mass is 10.0. The zero-order valence-corrected chi connectivity index (χ0v) is 19.0. The highest BCUT2D eigenvalue weighted by Crippen LogP contribution is 2.09. The molecule has 10 nitrogen and oxygen atoms in total. The molecule has 7 N–H and O–H groups in total. The molecule has 0 saturated carbocycles. The van der Waals surface area contributed by atoms with Crippen molar-refractivity contribution in [1.82, 2.24) is 16.0 Å². The molecule has 1 rings (SSSR count). The van der Waals surface area contributed by atoms with E-state index in [1.54, 1.807) is 24.3 Å². The minimum absolute atomic E-state index is 0.00954. The van der Waals surface area contributed by atoms with Crippen LogP contribution >= 0.6 is 12.6 Å². The first-order valence-corrected chi connectivity index (χ1v) is 10.9. The number of hydrogen-bond donors (Lipinski definition) is 7. The molecule has 1 aromatic carbocycles. The largest absolute Gasteiger partial charge is 0.480 e. The number of aliphatic carboxylic acids is 1. The lowest BCUT2D eigenvalue weighted by Gasteiger charge is -2.26. The molecule has 0 fully saturated rings. The molecule has 0 heterocycles. The summed E-state index contributed by atoms with van der Waals surface area (Å²) in [6.45, 7) is 3.11. The van der Waals surface area contributed by atoms with Gasteiger partial charge in [-0.25, -0.2) is 4.79 Å². The van der Waals surface area contributed by atoms with Crippen LogP contribution in [0.3, 0.4) is 0 Å². The van der Waals surface area contributed by atoms with Crippen LogP contribution in [-0.4, -0.2) is 70.4 Å². The summed E-state index contributed by atoms with van der Waals surface area (Å²) in [5, 5.41) is 25.8. The van der Waals surface area contributed by atoms with Crippen LogP contribution in [0.1, 0.15) is 25.8 Å². The molecule has 0 aliphatic carbocycles. The minimum Gasteiger partial charge on any atom is -0.480 e. The van der Waals surface area contributed by atoms with Crippen molar-refractivity contribution in [3.05, 3.63) is 35.9 Å². The fourth-order valence-corrected chi connectivity index (χ4v) is 3.10. The number of amides is 3. The van der Waals surface area contributed by atoms with E-state index < -0.39 is 54.5 Å². The molecule has 1 aromatic rings. The van der Waals surface area contributed by atoms with Crippen molar-refractivity contribution in [2.45, 2.75) is 50.9 Å². The quantitative estimate of drug-likeness (QED) is 0.183. The third-order valence-corrected chi connectivity index (χ3v) is 4.95. The van der Waals surface area contributed by atoms with Gasteiger partial charge in [0.25, 0.3) is 0 Å². The summed E-state index contributed by atoms with van der Waals surface area (Å²) in [4.78, 5) is 49.2. The predicted octanol–water partition coefficient (Wildman–Crippen LogP) is -0.936. The van der Waals surface area contributed by atoms with Gasteiger partial charge in [-0.15, -0.1) is 0 Å². The van der Waals surface area contributed by atoms with Crippen LogP contribution < -0.4 is 21.7 Å². The molecule has 0 bridgehead atoms. The van der Waals surface area contributed by atoms with Gasteiger partial charge in [0, 0.05) is 12.2 Å². The van der Waals surface area contributed by atoms with Crippen LogP contribution in [0.15, 0.2) is 30.3 Å². The standard InChI is InChI=1S/C21H32N4O6S/c1-12(2)8-15(19(28)25-17(11-32)21(30)31)24-20(29)16(23-18(27)14(22)10-26)9-13-6-4-3-5-7-13/h3-7,12,14-17,26,32H,8-11,22H2,1-2H3,(H,23,27)(H,24,29)(H,25,28)(H,30,31). The van der Waals surface area contributed by atoms with Crippen LogP contribution in [0.25, 0.3) is 0 Å². The molecule has 3 amide bonds.